The van der Waals surface area contributed by atoms with E-state index in [1.54, 1.807) is 23.7 Å². The number of fused-ring (bicyclic) bond motifs is 1. The Balaban J connectivity index is 2.19. The Bertz CT molecular complexity index is 722. The van der Waals surface area contributed by atoms with Gasteiger partial charge in [-0.1, -0.05) is 28.1 Å². The smallest absolute Gasteiger partial charge is 0.256 e. The quantitative estimate of drug-likeness (QED) is 0.455. The lowest BCUT2D eigenvalue weighted by molar-refractivity contribution is -0.128. The van der Waals surface area contributed by atoms with Crippen LogP contribution in [0, 0.1) is 0 Å². The summed E-state index contributed by atoms with van der Waals surface area (Å²) in [5, 5.41) is 9.85. The number of rotatable bonds is 4. The van der Waals surface area contributed by atoms with Crippen LogP contribution in [0.4, 0.5) is 0 Å². The fourth-order valence-electron chi connectivity index (χ4n) is 1.85. The topological polar surface area (TPSA) is 82.2 Å². The van der Waals surface area contributed by atoms with Gasteiger partial charge in [-0.3, -0.25) is 14.8 Å². The highest BCUT2D eigenvalue weighted by atomic mass is 79.9. The number of carbonyl (C=O) groups is 1. The molecular formula is C14H13BrN2O3. The molecule has 0 aliphatic rings. The number of H-pyrrole nitrogens is 1. The minimum absolute atomic E-state index is 0.0971. The minimum Gasteiger partial charge on any atom is -0.325 e. The third-order valence-electron chi connectivity index (χ3n) is 2.79. The van der Waals surface area contributed by atoms with E-state index in [0.29, 0.717) is 11.8 Å². The van der Waals surface area contributed by atoms with Crippen LogP contribution >= 0.6 is 15.9 Å². The molecule has 0 spiro atoms. The molecule has 0 radical (unpaired) electrons. The predicted octanol–water partition coefficient (Wildman–Crippen LogP) is 2.28. The van der Waals surface area contributed by atoms with Crippen LogP contribution in [0.25, 0.3) is 10.8 Å². The molecule has 0 bridgehead atoms. The van der Waals surface area contributed by atoms with E-state index in [1.165, 1.54) is 0 Å². The lowest BCUT2D eigenvalue weighted by atomic mass is 10.1. The first-order valence-electron chi connectivity index (χ1n) is 5.99. The SMILES string of the molecule is O=C(C/C=C/Cc1cc2cc(Br)ccc2c(=O)[nH]1)NO. The van der Waals surface area contributed by atoms with Crippen LogP contribution in [-0.4, -0.2) is 16.1 Å². The Kier molecular flexibility index (Phi) is 4.70. The number of hydroxylamine groups is 1. The first kappa shape index (κ1) is 14.5. The summed E-state index contributed by atoms with van der Waals surface area (Å²) in [5.41, 5.74) is 2.18. The lowest BCUT2D eigenvalue weighted by Gasteiger charge is -2.02. The number of hydrogen-bond donors (Lipinski definition) is 3. The van der Waals surface area contributed by atoms with Crippen molar-refractivity contribution in [1.29, 1.82) is 0 Å². The van der Waals surface area contributed by atoms with E-state index < -0.39 is 5.91 Å². The molecule has 0 aliphatic heterocycles. The number of allylic oxidation sites excluding steroid dienone is 1. The van der Waals surface area contributed by atoms with Gasteiger partial charge in [0.25, 0.3) is 5.56 Å². The predicted molar refractivity (Wildman–Crippen MR) is 79.7 cm³/mol. The van der Waals surface area contributed by atoms with Crippen molar-refractivity contribution in [3.63, 3.8) is 0 Å². The highest BCUT2D eigenvalue weighted by Crippen LogP contribution is 2.17. The molecule has 0 aliphatic carbocycles. The molecule has 0 atom stereocenters. The second-order valence-electron chi connectivity index (χ2n) is 4.27. The molecule has 0 unspecified atom stereocenters. The fraction of sp³-hybridized carbons (Fsp3) is 0.143. The Labute approximate surface area is 123 Å². The molecule has 1 aromatic carbocycles. The van der Waals surface area contributed by atoms with Gasteiger partial charge in [0.15, 0.2) is 0 Å². The number of aromatic nitrogens is 1. The summed E-state index contributed by atoms with van der Waals surface area (Å²) in [7, 11) is 0. The van der Waals surface area contributed by atoms with Crippen LogP contribution in [0.15, 0.2) is 45.7 Å². The molecule has 2 aromatic rings. The van der Waals surface area contributed by atoms with Crippen molar-refractivity contribution >= 4 is 32.6 Å². The molecule has 6 heteroatoms. The molecule has 1 amide bonds. The normalized spacial score (nSPS) is 11.1. The first-order chi connectivity index (χ1) is 9.60. The summed E-state index contributed by atoms with van der Waals surface area (Å²) in [4.78, 5) is 25.5. The number of benzene rings is 1. The second kappa shape index (κ2) is 6.49. The van der Waals surface area contributed by atoms with E-state index >= 15 is 0 Å². The summed E-state index contributed by atoms with van der Waals surface area (Å²) >= 11 is 3.37. The van der Waals surface area contributed by atoms with E-state index in [-0.39, 0.29) is 12.0 Å². The zero-order valence-electron chi connectivity index (χ0n) is 10.5. The van der Waals surface area contributed by atoms with Crippen LogP contribution in [0.3, 0.4) is 0 Å². The van der Waals surface area contributed by atoms with Gasteiger partial charge >= 0.3 is 0 Å². The van der Waals surface area contributed by atoms with E-state index in [0.717, 1.165) is 15.6 Å². The van der Waals surface area contributed by atoms with Gasteiger partial charge < -0.3 is 4.98 Å². The van der Waals surface area contributed by atoms with E-state index in [4.69, 9.17) is 5.21 Å². The third-order valence-corrected chi connectivity index (χ3v) is 3.29. The standard InChI is InChI=1S/C14H13BrN2O3/c15-10-5-6-12-9(7-10)8-11(16-14(12)19)3-1-2-4-13(18)17-20/h1-2,5-8,20H,3-4H2,(H,16,19)(H,17,18)/b2-1+. The molecule has 1 heterocycles. The molecule has 104 valence electrons. The fourth-order valence-corrected chi connectivity index (χ4v) is 2.23. The molecule has 0 saturated carbocycles. The van der Waals surface area contributed by atoms with Gasteiger partial charge in [-0.15, -0.1) is 0 Å². The van der Waals surface area contributed by atoms with Gasteiger partial charge in [0.1, 0.15) is 0 Å². The maximum atomic E-state index is 11.9. The van der Waals surface area contributed by atoms with Crippen LogP contribution in [0.5, 0.6) is 0 Å². The van der Waals surface area contributed by atoms with E-state index in [1.807, 2.05) is 18.2 Å². The molecule has 2 rings (SSSR count). The highest BCUT2D eigenvalue weighted by Gasteiger charge is 2.02. The average molecular weight is 337 g/mol. The van der Waals surface area contributed by atoms with Crippen molar-refractivity contribution in [2.45, 2.75) is 12.8 Å². The van der Waals surface area contributed by atoms with Crippen LogP contribution in [-0.2, 0) is 11.2 Å². The lowest BCUT2D eigenvalue weighted by Crippen LogP contribution is -2.16. The number of carbonyl (C=O) groups excluding carboxylic acids is 1. The molecule has 3 N–H and O–H groups in total. The number of aromatic amines is 1. The van der Waals surface area contributed by atoms with Crippen molar-refractivity contribution in [1.82, 2.24) is 10.5 Å². The van der Waals surface area contributed by atoms with Gasteiger partial charge in [-0.25, -0.2) is 5.48 Å². The number of hydrogen-bond acceptors (Lipinski definition) is 3. The van der Waals surface area contributed by atoms with E-state index in [2.05, 4.69) is 20.9 Å². The number of nitrogens with one attached hydrogen (secondary N) is 2. The van der Waals surface area contributed by atoms with Gasteiger partial charge in [0.05, 0.1) is 0 Å². The van der Waals surface area contributed by atoms with Gasteiger partial charge in [0, 0.05) is 28.4 Å². The summed E-state index contributed by atoms with van der Waals surface area (Å²) < 4.78 is 0.914. The molecular weight excluding hydrogens is 324 g/mol. The minimum atomic E-state index is -0.475. The number of amides is 1. The molecule has 5 nitrogen and oxygen atoms in total. The largest absolute Gasteiger partial charge is 0.325 e. The summed E-state index contributed by atoms with van der Waals surface area (Å²) in [6.07, 6.45) is 4.01. The monoisotopic (exact) mass is 336 g/mol. The third kappa shape index (κ3) is 3.55. The van der Waals surface area contributed by atoms with Crippen LogP contribution in [0.2, 0.25) is 0 Å². The summed E-state index contributed by atoms with van der Waals surface area (Å²) in [5.74, 6) is -0.475. The van der Waals surface area contributed by atoms with Crippen molar-refractivity contribution < 1.29 is 10.0 Å². The van der Waals surface area contributed by atoms with Crippen molar-refractivity contribution in [3.05, 3.63) is 56.9 Å². The average Bonchev–Trinajstić information content (AvgIpc) is 2.42. The summed E-state index contributed by atoms with van der Waals surface area (Å²) in [6, 6.07) is 7.38. The van der Waals surface area contributed by atoms with Gasteiger partial charge in [0.2, 0.25) is 5.91 Å². The number of pyridine rings is 1. The molecule has 0 fully saturated rings. The molecule has 20 heavy (non-hydrogen) atoms. The molecule has 1 aromatic heterocycles. The number of halogens is 1. The first-order valence-corrected chi connectivity index (χ1v) is 6.79. The second-order valence-corrected chi connectivity index (χ2v) is 5.19. The van der Waals surface area contributed by atoms with Gasteiger partial charge in [-0.2, -0.15) is 0 Å². The zero-order valence-corrected chi connectivity index (χ0v) is 12.1. The maximum Gasteiger partial charge on any atom is 0.256 e. The van der Waals surface area contributed by atoms with Crippen LogP contribution < -0.4 is 11.0 Å². The van der Waals surface area contributed by atoms with Gasteiger partial charge in [-0.05, 0) is 29.7 Å². The molecule has 0 saturated heterocycles. The Morgan fingerprint density at radius 1 is 1.35 bits per heavy atom. The Morgan fingerprint density at radius 2 is 2.15 bits per heavy atom. The maximum absolute atomic E-state index is 11.9. The zero-order chi connectivity index (χ0) is 14.5. The summed E-state index contributed by atoms with van der Waals surface area (Å²) in [6.45, 7) is 0. The van der Waals surface area contributed by atoms with Crippen molar-refractivity contribution in [2.75, 3.05) is 0 Å². The Morgan fingerprint density at radius 3 is 2.90 bits per heavy atom. The van der Waals surface area contributed by atoms with E-state index in [9.17, 15) is 9.59 Å². The Hall–Kier alpha value is -1.92. The van der Waals surface area contributed by atoms with Crippen LogP contribution in [0.1, 0.15) is 12.1 Å². The van der Waals surface area contributed by atoms with Crippen molar-refractivity contribution in [3.8, 4) is 0 Å². The van der Waals surface area contributed by atoms with Crippen molar-refractivity contribution in [2.24, 2.45) is 0 Å². The highest BCUT2D eigenvalue weighted by molar-refractivity contribution is 9.10.